The van der Waals surface area contributed by atoms with Crippen molar-refractivity contribution in [2.45, 2.75) is 70.1 Å². The minimum atomic E-state index is -5.42. The first-order valence-corrected chi connectivity index (χ1v) is 15.2. The standard InChI is InChI=1S/C37H40F4N4O2S/c1-4-43(5-2)19-20-44(22-29-12-11-28(21-25(29)3)27-13-15-30(16-14-27)37(39,40)41)34(46)23-45-33-8-6-7-32(33)35(47)42-36(45)48-24-26-9-17-31(38)18-10-26/h9-18,21H,4-8,19-20,22-24H2,1-3H3/i9D,10D,11D,12D,13D,14D,15D,16D,17D,18D,19D2,20D2,21D,22D2,23D2,24D2. The van der Waals surface area contributed by atoms with Crippen molar-refractivity contribution in [3.63, 3.8) is 0 Å². The summed E-state index contributed by atoms with van der Waals surface area (Å²) in [6, 6.07) is -15.2. The van der Waals surface area contributed by atoms with Gasteiger partial charge >= 0.3 is 6.18 Å². The van der Waals surface area contributed by atoms with Crippen molar-refractivity contribution in [3.8, 4) is 11.1 Å². The fourth-order valence-electron chi connectivity index (χ4n) is 4.36. The van der Waals surface area contributed by atoms with E-state index in [2.05, 4.69) is 4.98 Å². The maximum Gasteiger partial charge on any atom is 0.416 e. The summed E-state index contributed by atoms with van der Waals surface area (Å²) in [5.74, 6) is -4.02. The lowest BCUT2D eigenvalue weighted by atomic mass is 9.98. The van der Waals surface area contributed by atoms with Gasteiger partial charge in [-0.25, -0.2) is 4.39 Å². The molecule has 1 heterocycles. The molecule has 0 N–H and O–H groups in total. The molecule has 11 heteroatoms. The van der Waals surface area contributed by atoms with Crippen LogP contribution in [0.25, 0.3) is 11.1 Å². The van der Waals surface area contributed by atoms with E-state index in [1.807, 2.05) is 0 Å². The average molecular weight is 702 g/mol. The molecule has 0 saturated heterocycles. The second kappa shape index (κ2) is 15.5. The molecule has 0 fully saturated rings. The van der Waals surface area contributed by atoms with Crippen LogP contribution in [0, 0.1) is 12.7 Å². The third-order valence-electron chi connectivity index (χ3n) is 6.82. The van der Waals surface area contributed by atoms with Crippen molar-refractivity contribution in [2.24, 2.45) is 0 Å². The molecule has 0 aliphatic heterocycles. The number of aromatic nitrogens is 2. The largest absolute Gasteiger partial charge is 0.416 e. The first-order valence-electron chi connectivity index (χ1n) is 24.8. The Morgan fingerprint density at radius 2 is 1.69 bits per heavy atom. The minimum Gasteiger partial charge on any atom is -0.336 e. The first kappa shape index (κ1) is 17.1. The molecule has 3 aromatic carbocycles. The smallest absolute Gasteiger partial charge is 0.336 e. The van der Waals surface area contributed by atoms with Crippen LogP contribution >= 0.6 is 11.8 Å². The topological polar surface area (TPSA) is 58.4 Å². The van der Waals surface area contributed by atoms with Gasteiger partial charge in [-0.1, -0.05) is 67.9 Å². The predicted octanol–water partition coefficient (Wildman–Crippen LogP) is 7.53. The number of thioether (sulfide) groups is 1. The molecule has 1 aromatic heterocycles. The zero-order valence-electron chi connectivity index (χ0n) is 46.6. The fraction of sp³-hybridized carbons (Fsp3) is 0.378. The van der Waals surface area contributed by atoms with Crippen LogP contribution in [0.2, 0.25) is 0 Å². The number of hydrogen-bond donors (Lipinski definition) is 0. The van der Waals surface area contributed by atoms with Crippen molar-refractivity contribution in [1.82, 2.24) is 19.4 Å². The Labute approximate surface area is 312 Å². The second-order valence-electron chi connectivity index (χ2n) is 9.96. The Morgan fingerprint density at radius 1 is 1.00 bits per heavy atom. The van der Waals surface area contributed by atoms with E-state index in [1.165, 1.54) is 13.8 Å². The predicted molar refractivity (Wildman–Crippen MR) is 181 cm³/mol. The number of carbonyl (C=O) groups excluding carboxylic acids is 1. The SMILES string of the molecule is [2H]c1c([2H])c(C([2H])([2H])Sc2nc(=O)c3c(n2C([2H])([2H])C(=O)N(C([2H])([2H])c2c([2H])c([2H])c(-c4c([2H])c([2H])c(C(F)(F)F)c([2H])c4[2H])c([2H])c2C)C([2H])([2H])C([2H])([2H])N(CC)CC)CCC3)c([2H])c([2H])c1F. The zero-order valence-corrected chi connectivity index (χ0v) is 26.4. The van der Waals surface area contributed by atoms with E-state index in [0.717, 1.165) is 11.8 Å². The van der Waals surface area contributed by atoms with Crippen LogP contribution in [0.5, 0.6) is 0 Å². The van der Waals surface area contributed by atoms with Gasteiger partial charge in [-0.05, 0) is 91.3 Å². The Kier molecular flexibility index (Phi) is 5.53. The van der Waals surface area contributed by atoms with E-state index in [-0.39, 0.29) is 54.2 Å². The molecular weight excluding hydrogens is 640 g/mol. The van der Waals surface area contributed by atoms with Gasteiger partial charge in [-0.15, -0.1) is 0 Å². The maximum atomic E-state index is 15.3. The van der Waals surface area contributed by atoms with Crippen LogP contribution in [-0.4, -0.2) is 51.3 Å². The summed E-state index contributed by atoms with van der Waals surface area (Å²) >= 11 is -0.267. The lowest BCUT2D eigenvalue weighted by Crippen LogP contribution is -2.40. The summed E-state index contributed by atoms with van der Waals surface area (Å²) in [6.07, 6.45) is -5.76. The Morgan fingerprint density at radius 3 is 2.35 bits per heavy atom. The molecule has 1 aliphatic carbocycles. The van der Waals surface area contributed by atoms with Crippen molar-refractivity contribution >= 4 is 17.7 Å². The highest BCUT2D eigenvalue weighted by Gasteiger charge is 2.30. The van der Waals surface area contributed by atoms with E-state index in [0.29, 0.717) is 0 Å². The molecule has 1 aliphatic rings. The van der Waals surface area contributed by atoms with Gasteiger partial charge in [0.1, 0.15) is 12.3 Å². The Balaban J connectivity index is 1.87. The van der Waals surface area contributed by atoms with E-state index < -0.39 is 171 Å². The number of likely N-dealkylation sites (N-methyl/N-ethyl adjacent to an activating group) is 1. The normalized spacial score (nSPS) is 20.6. The summed E-state index contributed by atoms with van der Waals surface area (Å²) in [6.45, 7) is -12.9. The molecular formula is C37H40F4N4O2S. The van der Waals surface area contributed by atoms with Gasteiger partial charge in [0.05, 0.1) is 28.9 Å². The van der Waals surface area contributed by atoms with Gasteiger partial charge in [-0.3, -0.25) is 9.59 Å². The number of halogens is 4. The van der Waals surface area contributed by atoms with Crippen LogP contribution in [0.4, 0.5) is 17.6 Å². The van der Waals surface area contributed by atoms with Crippen molar-refractivity contribution in [1.29, 1.82) is 0 Å². The Hall–Kier alpha value is -3.96. The summed E-state index contributed by atoms with van der Waals surface area (Å²) in [5, 5.41) is -1.10. The highest BCUT2D eigenvalue weighted by Crippen LogP contribution is 2.32. The number of alkyl halides is 3. The minimum absolute atomic E-state index is 0.0677. The fourth-order valence-corrected chi connectivity index (χ4v) is 5.03. The number of rotatable bonds is 13. The third-order valence-corrected chi connectivity index (χ3v) is 7.58. The number of carbonyl (C=O) groups is 1. The number of hydrogen-bond acceptors (Lipinski definition) is 5. The molecule has 0 radical (unpaired) electrons. The van der Waals surface area contributed by atoms with Crippen molar-refractivity contribution in [3.05, 3.63) is 116 Å². The van der Waals surface area contributed by atoms with E-state index in [1.54, 1.807) is 0 Å². The second-order valence-corrected chi connectivity index (χ2v) is 10.7. The summed E-state index contributed by atoms with van der Waals surface area (Å²) in [5.41, 5.74) is -12.5. The highest BCUT2D eigenvalue weighted by molar-refractivity contribution is 7.98. The van der Waals surface area contributed by atoms with Gasteiger partial charge in [-0.2, -0.15) is 18.2 Å². The molecule has 48 heavy (non-hydrogen) atoms. The molecule has 0 bridgehead atoms. The Bertz CT molecular complexity index is 2770. The van der Waals surface area contributed by atoms with Gasteiger partial charge in [0.25, 0.3) is 5.56 Å². The number of amides is 1. The van der Waals surface area contributed by atoms with Gasteiger partial charge in [0, 0.05) is 41.9 Å². The van der Waals surface area contributed by atoms with Crippen LogP contribution in [0.1, 0.15) is 82.6 Å². The van der Waals surface area contributed by atoms with Crippen LogP contribution in [0.15, 0.2) is 76.4 Å². The van der Waals surface area contributed by atoms with E-state index in [9.17, 15) is 30.6 Å². The van der Waals surface area contributed by atoms with Gasteiger partial charge < -0.3 is 14.4 Å². The molecule has 0 unspecified atom stereocenters. The molecule has 254 valence electrons. The maximum absolute atomic E-state index is 15.3. The lowest BCUT2D eigenvalue weighted by Gasteiger charge is -2.28. The number of nitrogens with zero attached hydrogens (tertiary/aromatic N) is 4. The van der Waals surface area contributed by atoms with Crippen LogP contribution < -0.4 is 5.56 Å². The van der Waals surface area contributed by atoms with Crippen LogP contribution in [0.3, 0.4) is 0 Å². The first-order chi connectivity index (χ1) is 31.3. The third kappa shape index (κ3) is 8.54. The lowest BCUT2D eigenvalue weighted by molar-refractivity contribution is -0.137. The van der Waals surface area contributed by atoms with E-state index >= 15 is 4.79 Å². The molecule has 6 nitrogen and oxygen atoms in total. The summed E-state index contributed by atoms with van der Waals surface area (Å²) in [4.78, 5) is 32.7. The van der Waals surface area contributed by atoms with Crippen molar-refractivity contribution in [2.75, 3.05) is 26.1 Å². The average Bonchev–Trinajstić information content (AvgIpc) is 3.71. The van der Waals surface area contributed by atoms with E-state index in [4.69, 9.17) is 20.6 Å². The van der Waals surface area contributed by atoms with Crippen LogP contribution in [-0.2, 0) is 42.5 Å². The zero-order chi connectivity index (χ0) is 53.0. The molecule has 0 spiro atoms. The quantitative estimate of drug-likeness (QED) is 0.0820. The summed E-state index contributed by atoms with van der Waals surface area (Å²) < 4.78 is 240. The van der Waals surface area contributed by atoms with Crippen molar-refractivity contribution < 1.29 is 51.1 Å². The number of fused-ring (bicyclic) bond motifs is 1. The molecule has 5 rings (SSSR count). The van der Waals surface area contributed by atoms with Gasteiger partial charge in [0.15, 0.2) is 5.16 Å². The summed E-state index contributed by atoms with van der Waals surface area (Å²) in [7, 11) is 0. The molecule has 4 aromatic rings. The number of benzene rings is 3. The monoisotopic (exact) mass is 701 g/mol. The van der Waals surface area contributed by atoms with Gasteiger partial charge in [0.2, 0.25) is 5.91 Å². The molecule has 1 amide bonds. The molecule has 0 atom stereocenters. The molecule has 0 saturated carbocycles. The highest BCUT2D eigenvalue weighted by atomic mass is 32.2.